The molecule has 1 aliphatic heterocycles. The number of ether oxygens (including phenoxy) is 1. The number of aliphatic carboxylic acids is 1. The van der Waals surface area contributed by atoms with Crippen LogP contribution < -0.4 is 0 Å². The van der Waals surface area contributed by atoms with Crippen LogP contribution in [-0.2, 0) is 9.53 Å². The van der Waals surface area contributed by atoms with E-state index in [0.717, 1.165) is 0 Å². The summed E-state index contributed by atoms with van der Waals surface area (Å²) in [7, 11) is 1.91. The van der Waals surface area contributed by atoms with Crippen LogP contribution in [-0.4, -0.2) is 40.9 Å². The van der Waals surface area contributed by atoms with E-state index < -0.39 is 17.8 Å². The molecule has 0 spiro atoms. The van der Waals surface area contributed by atoms with E-state index in [9.17, 15) is 4.79 Å². The molecular weight excluding hydrogens is 182 g/mol. The molecule has 2 atom stereocenters. The van der Waals surface area contributed by atoms with Crippen LogP contribution >= 0.6 is 0 Å². The normalized spacial score (nSPS) is 32.4. The molecule has 0 aliphatic carbocycles. The predicted molar refractivity (Wildman–Crippen MR) is 53.0 cm³/mol. The van der Waals surface area contributed by atoms with E-state index in [1.54, 1.807) is 0 Å². The topological polar surface area (TPSA) is 49.8 Å². The number of carboxylic acids is 1. The van der Waals surface area contributed by atoms with Crippen LogP contribution in [0.4, 0.5) is 0 Å². The Morgan fingerprint density at radius 1 is 1.50 bits per heavy atom. The van der Waals surface area contributed by atoms with Crippen LogP contribution in [0, 0.1) is 5.92 Å². The predicted octanol–water partition coefficient (Wildman–Crippen LogP) is 1.16. The highest BCUT2D eigenvalue weighted by Crippen LogP contribution is 2.33. The summed E-state index contributed by atoms with van der Waals surface area (Å²) in [5, 5.41) is 9.03. The summed E-state index contributed by atoms with van der Waals surface area (Å²) in [5.41, 5.74) is -0.488. The van der Waals surface area contributed by atoms with Crippen molar-refractivity contribution in [2.24, 2.45) is 5.92 Å². The van der Waals surface area contributed by atoms with Crippen molar-refractivity contribution in [3.8, 4) is 0 Å². The Morgan fingerprint density at radius 2 is 2.00 bits per heavy atom. The molecule has 1 aliphatic rings. The summed E-state index contributed by atoms with van der Waals surface area (Å²) in [6.45, 7) is 7.82. The summed E-state index contributed by atoms with van der Waals surface area (Å²) in [6, 6.07) is -0.0532. The highest BCUT2D eigenvalue weighted by atomic mass is 16.6. The molecule has 1 rings (SSSR count). The molecule has 0 radical (unpaired) electrons. The molecule has 14 heavy (non-hydrogen) atoms. The molecule has 0 amide bonds. The van der Waals surface area contributed by atoms with Crippen molar-refractivity contribution in [2.45, 2.75) is 45.6 Å². The first-order valence-corrected chi connectivity index (χ1v) is 4.91. The first-order valence-electron chi connectivity index (χ1n) is 4.91. The average molecular weight is 201 g/mol. The smallest absolute Gasteiger partial charge is 0.334 e. The van der Waals surface area contributed by atoms with Gasteiger partial charge in [-0.05, 0) is 26.8 Å². The van der Waals surface area contributed by atoms with Crippen molar-refractivity contribution in [2.75, 3.05) is 7.05 Å². The zero-order valence-corrected chi connectivity index (χ0v) is 9.44. The van der Waals surface area contributed by atoms with Gasteiger partial charge in [0.2, 0.25) is 0 Å². The SMILES string of the molecule is CC(C)C1C(C(=O)O)OC(C)(C)N1C. The van der Waals surface area contributed by atoms with Crippen LogP contribution in [0.3, 0.4) is 0 Å². The molecule has 4 nitrogen and oxygen atoms in total. The van der Waals surface area contributed by atoms with Crippen LogP contribution in [0.2, 0.25) is 0 Å². The molecule has 1 N–H and O–H groups in total. The summed E-state index contributed by atoms with van der Waals surface area (Å²) in [5.74, 6) is -0.607. The maximum absolute atomic E-state index is 11.0. The molecule has 2 unspecified atom stereocenters. The first kappa shape index (κ1) is 11.5. The van der Waals surface area contributed by atoms with E-state index in [0.29, 0.717) is 0 Å². The van der Waals surface area contributed by atoms with Crippen molar-refractivity contribution in [1.29, 1.82) is 0 Å². The number of nitrogens with zero attached hydrogens (tertiary/aromatic N) is 1. The second-order valence-electron chi connectivity index (χ2n) is 4.67. The van der Waals surface area contributed by atoms with Gasteiger partial charge in [0.15, 0.2) is 6.10 Å². The molecule has 1 heterocycles. The van der Waals surface area contributed by atoms with E-state index in [1.165, 1.54) is 0 Å². The molecule has 0 aromatic rings. The number of rotatable bonds is 2. The third-order valence-electron chi connectivity index (χ3n) is 2.95. The van der Waals surface area contributed by atoms with Crippen molar-refractivity contribution in [3.63, 3.8) is 0 Å². The Balaban J connectivity index is 2.94. The second kappa shape index (κ2) is 3.51. The zero-order chi connectivity index (χ0) is 11.1. The number of carboxylic acid groups (broad SMARTS) is 1. The van der Waals surface area contributed by atoms with Gasteiger partial charge in [0.25, 0.3) is 0 Å². The van der Waals surface area contributed by atoms with Crippen LogP contribution in [0.15, 0.2) is 0 Å². The summed E-state index contributed by atoms with van der Waals surface area (Å²) in [4.78, 5) is 13.0. The Bertz CT molecular complexity index is 238. The average Bonchev–Trinajstić information content (AvgIpc) is 2.23. The zero-order valence-electron chi connectivity index (χ0n) is 9.44. The monoisotopic (exact) mass is 201 g/mol. The fraction of sp³-hybridized carbons (Fsp3) is 0.900. The molecule has 1 fully saturated rings. The quantitative estimate of drug-likeness (QED) is 0.728. The summed E-state index contributed by atoms with van der Waals surface area (Å²) < 4.78 is 5.52. The Labute approximate surface area is 84.8 Å². The van der Waals surface area contributed by atoms with E-state index in [4.69, 9.17) is 9.84 Å². The molecule has 82 valence electrons. The maximum atomic E-state index is 11.0. The van der Waals surface area contributed by atoms with E-state index in [2.05, 4.69) is 0 Å². The summed E-state index contributed by atoms with van der Waals surface area (Å²) in [6.07, 6.45) is -0.713. The van der Waals surface area contributed by atoms with E-state index in [-0.39, 0.29) is 12.0 Å². The molecule has 0 bridgehead atoms. The highest BCUT2D eigenvalue weighted by Gasteiger charge is 2.49. The van der Waals surface area contributed by atoms with Crippen LogP contribution in [0.25, 0.3) is 0 Å². The standard InChI is InChI=1S/C10H19NO3/c1-6(2)7-8(9(12)13)14-10(3,4)11(7)5/h6-8H,1-5H3,(H,12,13). The Hall–Kier alpha value is -0.610. The van der Waals surface area contributed by atoms with Crippen LogP contribution in [0.1, 0.15) is 27.7 Å². The first-order chi connectivity index (χ1) is 6.27. The number of hydrogen-bond acceptors (Lipinski definition) is 3. The van der Waals surface area contributed by atoms with Gasteiger partial charge in [-0.15, -0.1) is 0 Å². The fourth-order valence-corrected chi connectivity index (χ4v) is 2.02. The van der Waals surface area contributed by atoms with Crippen molar-refractivity contribution in [3.05, 3.63) is 0 Å². The molecule has 0 aromatic heterocycles. The minimum absolute atomic E-state index is 0.0532. The lowest BCUT2D eigenvalue weighted by molar-refractivity contribution is -0.155. The van der Waals surface area contributed by atoms with Gasteiger partial charge in [0.05, 0.1) is 6.04 Å². The molecule has 4 heteroatoms. The van der Waals surface area contributed by atoms with Crippen molar-refractivity contribution < 1.29 is 14.6 Å². The largest absolute Gasteiger partial charge is 0.479 e. The minimum atomic E-state index is -0.874. The number of hydrogen-bond donors (Lipinski definition) is 1. The van der Waals surface area contributed by atoms with Crippen molar-refractivity contribution >= 4 is 5.97 Å². The van der Waals surface area contributed by atoms with Gasteiger partial charge in [-0.3, -0.25) is 4.90 Å². The second-order valence-corrected chi connectivity index (χ2v) is 4.67. The van der Waals surface area contributed by atoms with E-state index >= 15 is 0 Å². The third-order valence-corrected chi connectivity index (χ3v) is 2.95. The molecule has 0 aromatic carbocycles. The summed E-state index contributed by atoms with van der Waals surface area (Å²) >= 11 is 0. The lowest BCUT2D eigenvalue weighted by Crippen LogP contribution is -2.44. The Morgan fingerprint density at radius 3 is 2.29 bits per heavy atom. The highest BCUT2D eigenvalue weighted by molar-refractivity contribution is 5.73. The Kier molecular flexibility index (Phi) is 2.88. The van der Waals surface area contributed by atoms with Gasteiger partial charge < -0.3 is 9.84 Å². The molecule has 0 saturated carbocycles. The van der Waals surface area contributed by atoms with Crippen LogP contribution in [0.5, 0.6) is 0 Å². The van der Waals surface area contributed by atoms with Gasteiger partial charge in [-0.25, -0.2) is 4.79 Å². The van der Waals surface area contributed by atoms with E-state index in [1.807, 2.05) is 39.6 Å². The van der Waals surface area contributed by atoms with Gasteiger partial charge in [0.1, 0.15) is 5.72 Å². The minimum Gasteiger partial charge on any atom is -0.479 e. The lowest BCUT2D eigenvalue weighted by Gasteiger charge is -2.31. The van der Waals surface area contributed by atoms with Gasteiger partial charge in [-0.2, -0.15) is 0 Å². The van der Waals surface area contributed by atoms with Crippen molar-refractivity contribution in [1.82, 2.24) is 4.90 Å². The molecular formula is C10H19NO3. The number of carbonyl (C=O) groups is 1. The third kappa shape index (κ3) is 1.77. The van der Waals surface area contributed by atoms with Gasteiger partial charge >= 0.3 is 5.97 Å². The van der Waals surface area contributed by atoms with Gasteiger partial charge in [-0.1, -0.05) is 13.8 Å². The maximum Gasteiger partial charge on any atom is 0.334 e. The molecule has 1 saturated heterocycles. The number of likely N-dealkylation sites (N-methyl/N-ethyl adjacent to an activating group) is 1. The lowest BCUT2D eigenvalue weighted by atomic mass is 9.98. The van der Waals surface area contributed by atoms with Gasteiger partial charge in [0, 0.05) is 0 Å². The fourth-order valence-electron chi connectivity index (χ4n) is 2.02.